The Morgan fingerprint density at radius 1 is 1.30 bits per heavy atom. The summed E-state index contributed by atoms with van der Waals surface area (Å²) in [6.45, 7) is 3.70. The number of halogens is 1. The van der Waals surface area contributed by atoms with Crippen LogP contribution in [-0.4, -0.2) is 53.1 Å². The Morgan fingerprint density at radius 3 is 2.70 bits per heavy atom. The minimum atomic E-state index is -0.636. The molecule has 0 aromatic carbocycles. The highest BCUT2D eigenvalue weighted by Crippen LogP contribution is 2.45. The number of aliphatic carboxylic acids is 1. The van der Waals surface area contributed by atoms with Gasteiger partial charge in [0.25, 0.3) is 0 Å². The maximum Gasteiger partial charge on any atom is 0.312 e. The van der Waals surface area contributed by atoms with Gasteiger partial charge in [-0.2, -0.15) is 0 Å². The van der Waals surface area contributed by atoms with E-state index in [9.17, 15) is 9.90 Å². The fourth-order valence-corrected chi connectivity index (χ4v) is 5.00. The van der Waals surface area contributed by atoms with Gasteiger partial charge in [-0.1, -0.05) is 12.8 Å². The second kappa shape index (κ2) is 5.80. The van der Waals surface area contributed by atoms with Gasteiger partial charge in [-0.15, -0.1) is 0 Å². The van der Waals surface area contributed by atoms with Gasteiger partial charge in [-0.05, 0) is 36.6 Å². The zero-order valence-corrected chi connectivity index (χ0v) is 14.0. The molecule has 0 unspecified atom stereocenters. The van der Waals surface area contributed by atoms with Gasteiger partial charge in [0.1, 0.15) is 5.76 Å². The summed E-state index contributed by atoms with van der Waals surface area (Å²) in [6.07, 6.45) is 5.04. The lowest BCUT2D eigenvalue weighted by molar-refractivity contribution is -0.149. The van der Waals surface area contributed by atoms with Crippen molar-refractivity contribution in [1.82, 2.24) is 9.80 Å². The van der Waals surface area contributed by atoms with Gasteiger partial charge in [0.2, 0.25) is 0 Å². The van der Waals surface area contributed by atoms with E-state index in [1.807, 2.05) is 6.07 Å². The molecule has 2 atom stereocenters. The summed E-state index contributed by atoms with van der Waals surface area (Å²) in [7, 11) is 0. The molecular weight excluding hydrogens is 316 g/mol. The molecule has 1 aromatic rings. The van der Waals surface area contributed by atoms with Crippen molar-refractivity contribution >= 4 is 17.6 Å². The van der Waals surface area contributed by atoms with Crippen molar-refractivity contribution in [2.24, 2.45) is 11.3 Å². The highest BCUT2D eigenvalue weighted by Gasteiger charge is 2.58. The van der Waals surface area contributed by atoms with Crippen molar-refractivity contribution < 1.29 is 14.3 Å². The fourth-order valence-electron chi connectivity index (χ4n) is 4.84. The van der Waals surface area contributed by atoms with Crippen LogP contribution in [0.5, 0.6) is 0 Å². The van der Waals surface area contributed by atoms with Crippen molar-refractivity contribution in [1.29, 1.82) is 0 Å². The summed E-state index contributed by atoms with van der Waals surface area (Å²) >= 11 is 5.83. The molecule has 3 fully saturated rings. The second-order valence-corrected chi connectivity index (χ2v) is 7.77. The lowest BCUT2D eigenvalue weighted by Gasteiger charge is -2.28. The van der Waals surface area contributed by atoms with E-state index in [2.05, 4.69) is 9.80 Å². The molecule has 2 aliphatic heterocycles. The predicted molar refractivity (Wildman–Crippen MR) is 86.4 cm³/mol. The Labute approximate surface area is 141 Å². The zero-order chi connectivity index (χ0) is 16.0. The van der Waals surface area contributed by atoms with Crippen LogP contribution < -0.4 is 0 Å². The topological polar surface area (TPSA) is 56.9 Å². The summed E-state index contributed by atoms with van der Waals surface area (Å²) in [5, 5.41) is 10.3. The van der Waals surface area contributed by atoms with Crippen molar-refractivity contribution in [3.63, 3.8) is 0 Å². The van der Waals surface area contributed by atoms with Gasteiger partial charge in [0.05, 0.1) is 12.0 Å². The van der Waals surface area contributed by atoms with E-state index < -0.39 is 11.4 Å². The Kier molecular flexibility index (Phi) is 3.90. The molecule has 1 aromatic heterocycles. The lowest BCUT2D eigenvalue weighted by Crippen LogP contribution is -2.42. The van der Waals surface area contributed by atoms with Crippen LogP contribution in [-0.2, 0) is 11.3 Å². The largest absolute Gasteiger partial charge is 0.481 e. The number of nitrogens with zero attached hydrogens (tertiary/aromatic N) is 2. The molecule has 126 valence electrons. The average Bonchev–Trinajstić information content (AvgIpc) is 3.21. The van der Waals surface area contributed by atoms with Crippen LogP contribution in [0.2, 0.25) is 5.22 Å². The van der Waals surface area contributed by atoms with Gasteiger partial charge >= 0.3 is 5.97 Å². The summed E-state index contributed by atoms with van der Waals surface area (Å²) in [5.74, 6) is 0.386. The first kappa shape index (κ1) is 15.5. The highest BCUT2D eigenvalue weighted by molar-refractivity contribution is 6.28. The number of rotatable bonds is 4. The van der Waals surface area contributed by atoms with Crippen molar-refractivity contribution in [3.05, 3.63) is 23.1 Å². The third-order valence-electron chi connectivity index (χ3n) is 5.98. The predicted octanol–water partition coefficient (Wildman–Crippen LogP) is 2.69. The van der Waals surface area contributed by atoms with Crippen LogP contribution in [0.4, 0.5) is 0 Å². The molecule has 0 amide bonds. The number of furan rings is 1. The number of hydrogen-bond donors (Lipinski definition) is 1. The molecule has 4 rings (SSSR count). The maximum atomic E-state index is 12.1. The molecule has 3 aliphatic rings. The summed E-state index contributed by atoms with van der Waals surface area (Å²) < 4.78 is 5.43. The Morgan fingerprint density at radius 2 is 2.09 bits per heavy atom. The molecule has 6 heteroatoms. The third kappa shape index (κ3) is 2.69. The van der Waals surface area contributed by atoms with Gasteiger partial charge < -0.3 is 9.52 Å². The van der Waals surface area contributed by atoms with E-state index in [1.54, 1.807) is 6.07 Å². The molecule has 3 heterocycles. The van der Waals surface area contributed by atoms with Gasteiger partial charge in [0.15, 0.2) is 5.22 Å². The van der Waals surface area contributed by atoms with Crippen LogP contribution >= 0.6 is 11.6 Å². The summed E-state index contributed by atoms with van der Waals surface area (Å²) in [5.41, 5.74) is -0.612. The number of fused-ring (bicyclic) bond motifs is 1. The number of hydrogen-bond acceptors (Lipinski definition) is 4. The molecule has 1 saturated carbocycles. The normalized spacial score (nSPS) is 32.7. The molecule has 0 radical (unpaired) electrons. The first-order chi connectivity index (χ1) is 11.1. The average molecular weight is 339 g/mol. The van der Waals surface area contributed by atoms with Gasteiger partial charge in [0, 0.05) is 38.1 Å². The van der Waals surface area contributed by atoms with Crippen molar-refractivity contribution in [2.45, 2.75) is 38.3 Å². The smallest absolute Gasteiger partial charge is 0.312 e. The van der Waals surface area contributed by atoms with E-state index in [4.69, 9.17) is 16.0 Å². The number of carboxylic acids is 1. The van der Waals surface area contributed by atoms with E-state index in [0.29, 0.717) is 30.9 Å². The highest BCUT2D eigenvalue weighted by atomic mass is 35.5. The van der Waals surface area contributed by atoms with Crippen LogP contribution in [0.1, 0.15) is 31.4 Å². The van der Waals surface area contributed by atoms with Crippen LogP contribution in [0, 0.1) is 11.3 Å². The number of carboxylic acid groups (broad SMARTS) is 1. The van der Waals surface area contributed by atoms with E-state index in [-0.39, 0.29) is 5.92 Å². The van der Waals surface area contributed by atoms with Crippen molar-refractivity contribution in [2.75, 3.05) is 26.2 Å². The van der Waals surface area contributed by atoms with E-state index >= 15 is 0 Å². The lowest BCUT2D eigenvalue weighted by atomic mass is 9.81. The first-order valence-electron chi connectivity index (χ1n) is 8.51. The summed E-state index contributed by atoms with van der Waals surface area (Å²) in [4.78, 5) is 16.7. The van der Waals surface area contributed by atoms with E-state index in [0.717, 1.165) is 18.8 Å². The first-order valence-corrected chi connectivity index (χ1v) is 8.89. The minimum Gasteiger partial charge on any atom is -0.481 e. The Balaban J connectivity index is 1.47. The third-order valence-corrected chi connectivity index (χ3v) is 6.18. The molecular formula is C17H23ClN2O3. The van der Waals surface area contributed by atoms with Crippen molar-refractivity contribution in [3.8, 4) is 0 Å². The Bertz CT molecular complexity index is 598. The van der Waals surface area contributed by atoms with Crippen LogP contribution in [0.15, 0.2) is 16.5 Å². The SMILES string of the molecule is O=C(O)[C@@]12CN(Cc3ccc(Cl)o3)C[C@@H]1CN(C1CCCC1)C2. The number of likely N-dealkylation sites (tertiary alicyclic amines) is 2. The second-order valence-electron chi connectivity index (χ2n) is 7.40. The minimum absolute atomic E-state index is 0.214. The maximum absolute atomic E-state index is 12.1. The van der Waals surface area contributed by atoms with Gasteiger partial charge in [-0.3, -0.25) is 14.6 Å². The summed E-state index contributed by atoms with van der Waals surface area (Å²) in [6, 6.07) is 4.21. The molecule has 1 aliphatic carbocycles. The van der Waals surface area contributed by atoms with Gasteiger partial charge in [-0.25, -0.2) is 0 Å². The molecule has 0 spiro atoms. The number of carbonyl (C=O) groups is 1. The zero-order valence-electron chi connectivity index (χ0n) is 13.2. The monoisotopic (exact) mass is 338 g/mol. The molecule has 5 nitrogen and oxygen atoms in total. The van der Waals surface area contributed by atoms with Crippen LogP contribution in [0.3, 0.4) is 0 Å². The van der Waals surface area contributed by atoms with E-state index in [1.165, 1.54) is 25.7 Å². The molecule has 0 bridgehead atoms. The quantitative estimate of drug-likeness (QED) is 0.914. The Hall–Kier alpha value is -1.04. The molecule has 2 saturated heterocycles. The molecule has 1 N–H and O–H groups in total. The molecule has 23 heavy (non-hydrogen) atoms. The van der Waals surface area contributed by atoms with Crippen LogP contribution in [0.25, 0.3) is 0 Å². The standard InChI is InChI=1S/C17H23ClN2O3/c18-15-6-5-14(23-15)9-19-7-12-8-20(13-3-1-2-4-13)11-17(12,10-19)16(21)22/h5-6,12-13H,1-4,7-11H2,(H,21,22)/t12-,17-/m1/s1. The fraction of sp³-hybridized carbons (Fsp3) is 0.706.